The van der Waals surface area contributed by atoms with Gasteiger partial charge in [0.1, 0.15) is 12.4 Å². The van der Waals surface area contributed by atoms with Crippen molar-refractivity contribution in [2.24, 2.45) is 7.05 Å². The number of nitrogens with one attached hydrogen (secondary N) is 1. The Morgan fingerprint density at radius 1 is 1.56 bits per heavy atom. The van der Waals surface area contributed by atoms with E-state index in [0.717, 1.165) is 12.0 Å². The summed E-state index contributed by atoms with van der Waals surface area (Å²) >= 11 is 0. The first kappa shape index (κ1) is 12.2. The number of amides is 1. The minimum atomic E-state index is -0.0815. The monoisotopic (exact) mass is 248 g/mol. The molecule has 0 unspecified atom stereocenters. The van der Waals surface area contributed by atoms with Crippen molar-refractivity contribution >= 4 is 11.7 Å². The zero-order valence-electron chi connectivity index (χ0n) is 10.2. The Morgan fingerprint density at radius 2 is 2.39 bits per heavy atom. The Hall–Kier alpha value is -2.31. The number of aromatic nitrogens is 4. The van der Waals surface area contributed by atoms with Crippen LogP contribution in [0.4, 0.5) is 5.82 Å². The molecule has 0 fully saturated rings. The molecule has 2 heterocycles. The first-order chi connectivity index (χ1) is 8.63. The summed E-state index contributed by atoms with van der Waals surface area (Å²) in [5.41, 5.74) is 6.56. The van der Waals surface area contributed by atoms with E-state index in [9.17, 15) is 4.79 Å². The Morgan fingerprint density at radius 3 is 3.00 bits per heavy atom. The molecule has 7 heteroatoms. The third-order valence-corrected chi connectivity index (χ3v) is 2.46. The number of hydrogen-bond acceptors (Lipinski definition) is 4. The Labute approximate surface area is 105 Å². The van der Waals surface area contributed by atoms with E-state index in [1.807, 2.05) is 13.2 Å². The van der Waals surface area contributed by atoms with Crippen LogP contribution in [0.1, 0.15) is 5.56 Å². The summed E-state index contributed by atoms with van der Waals surface area (Å²) in [6.45, 7) is 0.769. The second-order valence-corrected chi connectivity index (χ2v) is 4.06. The van der Waals surface area contributed by atoms with Crippen LogP contribution in [-0.2, 0) is 24.8 Å². The van der Waals surface area contributed by atoms with Crippen molar-refractivity contribution in [3.63, 3.8) is 0 Å². The summed E-state index contributed by atoms with van der Waals surface area (Å²) in [7, 11) is 1.87. The number of nitrogen functional groups attached to an aromatic ring is 1. The van der Waals surface area contributed by atoms with Crippen LogP contribution in [0.2, 0.25) is 0 Å². The summed E-state index contributed by atoms with van der Waals surface area (Å²) in [6, 6.07) is 1.66. The average Bonchev–Trinajstić information content (AvgIpc) is 2.88. The third-order valence-electron chi connectivity index (χ3n) is 2.46. The number of nitrogens with two attached hydrogens (primary N) is 1. The molecule has 0 saturated heterocycles. The lowest BCUT2D eigenvalue weighted by Gasteiger charge is -2.04. The highest BCUT2D eigenvalue weighted by Gasteiger charge is 2.03. The molecular formula is C11H16N6O. The second-order valence-electron chi connectivity index (χ2n) is 4.06. The normalized spacial score (nSPS) is 10.5. The first-order valence-corrected chi connectivity index (χ1v) is 5.66. The molecule has 2 aromatic rings. The third kappa shape index (κ3) is 3.34. The number of aryl methyl sites for hydroxylation is 1. The van der Waals surface area contributed by atoms with Crippen LogP contribution < -0.4 is 11.1 Å². The number of carbonyl (C=O) groups excluding carboxylic acids is 1. The molecule has 0 bridgehead atoms. The molecule has 0 atom stereocenters. The molecule has 0 aliphatic carbocycles. The highest BCUT2D eigenvalue weighted by molar-refractivity contribution is 5.75. The van der Waals surface area contributed by atoms with Gasteiger partial charge in [0.2, 0.25) is 5.91 Å². The predicted octanol–water partition coefficient (Wildman–Crippen LogP) is -0.442. The summed E-state index contributed by atoms with van der Waals surface area (Å²) in [6.07, 6.45) is 6.16. The molecule has 2 rings (SSSR count). The van der Waals surface area contributed by atoms with Crippen molar-refractivity contribution in [3.05, 3.63) is 30.2 Å². The van der Waals surface area contributed by atoms with Crippen molar-refractivity contribution < 1.29 is 4.79 Å². The van der Waals surface area contributed by atoms with Gasteiger partial charge in [-0.05, 0) is 18.1 Å². The van der Waals surface area contributed by atoms with Crippen LogP contribution in [0.3, 0.4) is 0 Å². The van der Waals surface area contributed by atoms with Crippen LogP contribution in [-0.4, -0.2) is 32.0 Å². The van der Waals surface area contributed by atoms with Gasteiger partial charge >= 0.3 is 0 Å². The minimum Gasteiger partial charge on any atom is -0.382 e. The lowest BCUT2D eigenvalue weighted by Crippen LogP contribution is -2.29. The number of carbonyl (C=O) groups is 1. The van der Waals surface area contributed by atoms with Gasteiger partial charge in [-0.1, -0.05) is 0 Å². The number of nitrogens with zero attached hydrogens (tertiary/aromatic N) is 4. The molecule has 0 aliphatic heterocycles. The fourth-order valence-electron chi connectivity index (χ4n) is 1.62. The van der Waals surface area contributed by atoms with Gasteiger partial charge in [-0.15, -0.1) is 0 Å². The molecular weight excluding hydrogens is 232 g/mol. The van der Waals surface area contributed by atoms with Gasteiger partial charge in [-0.25, -0.2) is 0 Å². The molecule has 0 spiro atoms. The average molecular weight is 248 g/mol. The number of anilines is 1. The van der Waals surface area contributed by atoms with Gasteiger partial charge in [-0.3, -0.25) is 14.2 Å². The van der Waals surface area contributed by atoms with E-state index >= 15 is 0 Å². The summed E-state index contributed by atoms with van der Waals surface area (Å²) in [5, 5.41) is 10.8. The molecule has 0 saturated carbocycles. The molecule has 2 aromatic heterocycles. The fraction of sp³-hybridized carbons (Fsp3) is 0.364. The Balaban J connectivity index is 1.72. The maximum Gasteiger partial charge on any atom is 0.241 e. The van der Waals surface area contributed by atoms with E-state index in [2.05, 4.69) is 15.5 Å². The molecule has 18 heavy (non-hydrogen) atoms. The SMILES string of the molecule is Cn1cc(CCNC(=O)Cn2ccc(N)n2)cn1. The van der Waals surface area contributed by atoms with Crippen molar-refractivity contribution in [2.75, 3.05) is 12.3 Å². The molecule has 96 valence electrons. The van der Waals surface area contributed by atoms with Gasteiger partial charge in [0.25, 0.3) is 0 Å². The molecule has 0 radical (unpaired) electrons. The molecule has 0 aromatic carbocycles. The second kappa shape index (κ2) is 5.35. The zero-order valence-corrected chi connectivity index (χ0v) is 10.2. The van der Waals surface area contributed by atoms with Crippen molar-refractivity contribution in [3.8, 4) is 0 Å². The topological polar surface area (TPSA) is 90.8 Å². The quantitative estimate of drug-likeness (QED) is 0.750. The van der Waals surface area contributed by atoms with Crippen molar-refractivity contribution in [1.29, 1.82) is 0 Å². The maximum absolute atomic E-state index is 11.6. The van der Waals surface area contributed by atoms with Crippen LogP contribution >= 0.6 is 0 Å². The minimum absolute atomic E-state index is 0.0815. The van der Waals surface area contributed by atoms with E-state index in [1.165, 1.54) is 4.68 Å². The van der Waals surface area contributed by atoms with Gasteiger partial charge in [0.15, 0.2) is 0 Å². The van der Waals surface area contributed by atoms with Crippen LogP contribution in [0.25, 0.3) is 0 Å². The summed E-state index contributed by atoms with van der Waals surface area (Å²) < 4.78 is 3.25. The molecule has 1 amide bonds. The van der Waals surface area contributed by atoms with Crippen LogP contribution in [0.15, 0.2) is 24.7 Å². The lowest BCUT2D eigenvalue weighted by atomic mass is 10.2. The van der Waals surface area contributed by atoms with E-state index in [1.54, 1.807) is 23.1 Å². The van der Waals surface area contributed by atoms with Crippen LogP contribution in [0, 0.1) is 0 Å². The fourth-order valence-corrected chi connectivity index (χ4v) is 1.62. The molecule has 0 aliphatic rings. The molecule has 3 N–H and O–H groups in total. The van der Waals surface area contributed by atoms with Gasteiger partial charge in [0.05, 0.1) is 6.20 Å². The van der Waals surface area contributed by atoms with Gasteiger partial charge < -0.3 is 11.1 Å². The number of rotatable bonds is 5. The molecule has 7 nitrogen and oxygen atoms in total. The van der Waals surface area contributed by atoms with E-state index in [4.69, 9.17) is 5.73 Å². The van der Waals surface area contributed by atoms with Crippen LogP contribution in [0.5, 0.6) is 0 Å². The largest absolute Gasteiger partial charge is 0.382 e. The highest BCUT2D eigenvalue weighted by Crippen LogP contribution is 1.97. The van der Waals surface area contributed by atoms with E-state index in [-0.39, 0.29) is 12.5 Å². The first-order valence-electron chi connectivity index (χ1n) is 5.66. The van der Waals surface area contributed by atoms with Crippen molar-refractivity contribution in [1.82, 2.24) is 24.9 Å². The summed E-state index contributed by atoms with van der Waals surface area (Å²) in [5.74, 6) is 0.333. The maximum atomic E-state index is 11.6. The lowest BCUT2D eigenvalue weighted by molar-refractivity contribution is -0.121. The Kier molecular flexibility index (Phi) is 3.61. The van der Waals surface area contributed by atoms with Gasteiger partial charge in [0, 0.05) is 26.0 Å². The van der Waals surface area contributed by atoms with Gasteiger partial charge in [-0.2, -0.15) is 10.2 Å². The Bertz CT molecular complexity index is 529. The smallest absolute Gasteiger partial charge is 0.241 e. The standard InChI is InChI=1S/C11H16N6O/c1-16-7-9(6-14-16)2-4-13-11(18)8-17-5-3-10(12)15-17/h3,5-7H,2,4,8H2,1H3,(H2,12,15)(H,13,18). The predicted molar refractivity (Wildman–Crippen MR) is 66.6 cm³/mol. The number of hydrogen-bond donors (Lipinski definition) is 2. The summed E-state index contributed by atoms with van der Waals surface area (Å²) in [4.78, 5) is 11.6. The van der Waals surface area contributed by atoms with E-state index in [0.29, 0.717) is 12.4 Å². The van der Waals surface area contributed by atoms with E-state index < -0.39 is 0 Å². The zero-order chi connectivity index (χ0) is 13.0. The highest BCUT2D eigenvalue weighted by atomic mass is 16.2. The van der Waals surface area contributed by atoms with Crippen molar-refractivity contribution in [2.45, 2.75) is 13.0 Å².